The van der Waals surface area contributed by atoms with E-state index in [9.17, 15) is 0 Å². The smallest absolute Gasteiger partial charge is 0.117 e. The molecule has 5 aromatic rings. The molecule has 0 radical (unpaired) electrons. The Labute approximate surface area is 333 Å². The molecule has 0 unspecified atom stereocenters. The molecule has 2 saturated carbocycles. The summed E-state index contributed by atoms with van der Waals surface area (Å²) < 4.78 is 0. The van der Waals surface area contributed by atoms with Gasteiger partial charge in [0, 0.05) is 44.2 Å². The molecule has 6 aliphatic carbocycles. The van der Waals surface area contributed by atoms with Crippen molar-refractivity contribution in [3.8, 4) is 20.9 Å². The molecule has 6 aliphatic rings. The van der Waals surface area contributed by atoms with Gasteiger partial charge >= 0.3 is 0 Å². The summed E-state index contributed by atoms with van der Waals surface area (Å²) in [6.07, 6.45) is 16.4. The van der Waals surface area contributed by atoms with E-state index in [4.69, 9.17) is 58.8 Å². The lowest BCUT2D eigenvalue weighted by molar-refractivity contribution is 0.343. The van der Waals surface area contributed by atoms with Crippen LogP contribution in [0.4, 0.5) is 0 Å². The highest BCUT2D eigenvalue weighted by Crippen LogP contribution is 2.63. The minimum absolute atomic E-state index is 0.0587. The van der Waals surface area contributed by atoms with E-state index in [1.165, 1.54) is 81.9 Å². The Morgan fingerprint density at radius 2 is 0.827 bits per heavy atom. The number of hydrogen-bond acceptors (Lipinski definition) is 8. The monoisotopic (exact) mass is 780 g/mol. The van der Waals surface area contributed by atoms with Gasteiger partial charge in [0.2, 0.25) is 0 Å². The third-order valence-electron chi connectivity index (χ3n) is 12.6. The highest BCUT2D eigenvalue weighted by atomic mass is 32.1. The van der Waals surface area contributed by atoms with Gasteiger partial charge in [0.05, 0.1) is 40.6 Å². The Morgan fingerprint density at radius 3 is 1.17 bits per heavy atom. The molecule has 0 aliphatic heterocycles. The molecule has 2 heterocycles. The fourth-order valence-corrected chi connectivity index (χ4v) is 14.0. The summed E-state index contributed by atoms with van der Waals surface area (Å²) in [5.41, 5.74) is 14.4. The van der Waals surface area contributed by atoms with Crippen LogP contribution in [0, 0.1) is 0 Å². The SMILES string of the molecule is S=C1C(=Cc2nc3c(s2)-c2cc4c(cc2C32CCCCC2)-c2sc(C=C3C(=S)c5ccccc5C3=S)nc2C42CCCCC2)C(=S)c2ccccc21. The number of nitrogens with zero attached hydrogens (tertiary/aromatic N) is 2. The number of aromatic nitrogens is 2. The second-order valence-electron chi connectivity index (χ2n) is 15.2. The first-order chi connectivity index (χ1) is 25.4. The van der Waals surface area contributed by atoms with Gasteiger partial charge in [-0.05, 0) is 72.2 Å². The van der Waals surface area contributed by atoms with Crippen LogP contribution in [0.25, 0.3) is 33.0 Å². The summed E-state index contributed by atoms with van der Waals surface area (Å²) in [7, 11) is 0. The highest BCUT2D eigenvalue weighted by molar-refractivity contribution is 7.84. The lowest BCUT2D eigenvalue weighted by Crippen LogP contribution is -2.30. The molecule has 2 fully saturated rings. The topological polar surface area (TPSA) is 25.8 Å². The largest absolute Gasteiger partial charge is 0.240 e. The maximum absolute atomic E-state index is 5.96. The molecule has 2 spiro atoms. The van der Waals surface area contributed by atoms with Crippen LogP contribution < -0.4 is 0 Å². The van der Waals surface area contributed by atoms with Crippen molar-refractivity contribution in [3.05, 3.63) is 127 Å². The molecule has 0 N–H and O–H groups in total. The third-order valence-corrected chi connectivity index (χ3v) is 16.5. The second-order valence-corrected chi connectivity index (χ2v) is 18.9. The van der Waals surface area contributed by atoms with Crippen molar-refractivity contribution in [3.63, 3.8) is 0 Å². The van der Waals surface area contributed by atoms with Crippen molar-refractivity contribution in [1.29, 1.82) is 0 Å². The van der Waals surface area contributed by atoms with E-state index in [0.717, 1.165) is 88.6 Å². The Morgan fingerprint density at radius 1 is 0.481 bits per heavy atom. The number of benzene rings is 3. The van der Waals surface area contributed by atoms with Crippen molar-refractivity contribution in [2.75, 3.05) is 0 Å². The van der Waals surface area contributed by atoms with E-state index >= 15 is 0 Å². The summed E-state index contributed by atoms with van der Waals surface area (Å²) in [6, 6.07) is 21.7. The number of allylic oxidation sites excluding steroid dienone is 2. The standard InChI is InChI=1S/C44H32N2S6/c47-35-23-11-3-4-12-24(23)36(48)29(35)21-33-45-41-39(51-33)27-20-32-28(19-31(27)43(41)15-7-1-8-16-43)40-42(44(32)17-9-2-10-18-44)46-34(52-40)22-30-37(49)25-13-5-6-14-26(25)38(30)50/h3-6,11-14,19-22H,1-2,7-10,15-18H2. The molecule has 0 amide bonds. The average Bonchev–Trinajstić information content (AvgIpc) is 3.99. The minimum Gasteiger partial charge on any atom is -0.240 e. The Balaban J connectivity index is 1.05. The summed E-state index contributed by atoms with van der Waals surface area (Å²) in [5.74, 6) is 0. The number of thiocarbonyl (C=S) groups is 4. The number of rotatable bonds is 2. The van der Waals surface area contributed by atoms with Crippen molar-refractivity contribution >= 4 is 103 Å². The van der Waals surface area contributed by atoms with Gasteiger partial charge < -0.3 is 0 Å². The van der Waals surface area contributed by atoms with Crippen molar-refractivity contribution in [2.24, 2.45) is 0 Å². The van der Waals surface area contributed by atoms with E-state index < -0.39 is 0 Å². The van der Waals surface area contributed by atoms with Gasteiger partial charge in [0.1, 0.15) is 10.0 Å². The molecule has 3 aromatic carbocycles. The van der Waals surface area contributed by atoms with Gasteiger partial charge in [-0.15, -0.1) is 22.7 Å². The first-order valence-electron chi connectivity index (χ1n) is 18.4. The molecule has 0 atom stereocenters. The Hall–Kier alpha value is -3.24. The summed E-state index contributed by atoms with van der Waals surface area (Å²) in [4.78, 5) is 17.1. The third kappa shape index (κ3) is 4.31. The zero-order valence-corrected chi connectivity index (χ0v) is 33.2. The van der Waals surface area contributed by atoms with Crippen LogP contribution in [0.3, 0.4) is 0 Å². The van der Waals surface area contributed by atoms with E-state index in [0.29, 0.717) is 0 Å². The summed E-state index contributed by atoms with van der Waals surface area (Å²) >= 11 is 27.5. The molecule has 2 aromatic heterocycles. The van der Waals surface area contributed by atoms with Gasteiger partial charge in [-0.3, -0.25) is 0 Å². The summed E-state index contributed by atoms with van der Waals surface area (Å²) in [5, 5.41) is 2.04. The molecule has 8 heteroatoms. The van der Waals surface area contributed by atoms with Gasteiger partial charge in [-0.25, -0.2) is 9.97 Å². The van der Waals surface area contributed by atoms with Crippen LogP contribution in [0.5, 0.6) is 0 Å². The fraction of sp³-hybridized carbons (Fsp3) is 0.273. The zero-order valence-electron chi connectivity index (χ0n) is 28.3. The van der Waals surface area contributed by atoms with Crippen LogP contribution in [-0.2, 0) is 10.8 Å². The lowest BCUT2D eigenvalue weighted by atomic mass is 9.67. The van der Waals surface area contributed by atoms with Crippen molar-refractivity contribution < 1.29 is 0 Å². The summed E-state index contributed by atoms with van der Waals surface area (Å²) in [6.45, 7) is 0. The molecule has 254 valence electrons. The van der Waals surface area contributed by atoms with Gasteiger partial charge in [-0.1, -0.05) is 136 Å². The molecular formula is C44H32N2S6. The highest BCUT2D eigenvalue weighted by Gasteiger charge is 2.52. The van der Waals surface area contributed by atoms with Crippen LogP contribution in [-0.4, -0.2) is 29.4 Å². The van der Waals surface area contributed by atoms with Crippen LogP contribution >= 0.6 is 71.5 Å². The van der Waals surface area contributed by atoms with Crippen LogP contribution in [0.1, 0.15) is 119 Å². The average molecular weight is 781 g/mol. The zero-order chi connectivity index (χ0) is 34.9. The molecule has 52 heavy (non-hydrogen) atoms. The predicted octanol–water partition coefficient (Wildman–Crippen LogP) is 12.1. The maximum Gasteiger partial charge on any atom is 0.117 e. The predicted molar refractivity (Wildman–Crippen MR) is 232 cm³/mol. The number of thiazole rings is 2. The normalized spacial score (nSPS) is 19.9. The minimum atomic E-state index is -0.0587. The molecular weight excluding hydrogens is 749 g/mol. The molecule has 0 bridgehead atoms. The lowest BCUT2D eigenvalue weighted by Gasteiger charge is -2.36. The van der Waals surface area contributed by atoms with Gasteiger partial charge in [-0.2, -0.15) is 0 Å². The second kappa shape index (κ2) is 11.6. The molecule has 0 saturated heterocycles. The van der Waals surface area contributed by atoms with Crippen LogP contribution in [0.2, 0.25) is 0 Å². The fourth-order valence-electron chi connectivity index (χ4n) is 10.2. The van der Waals surface area contributed by atoms with E-state index in [1.54, 1.807) is 0 Å². The first kappa shape index (κ1) is 32.2. The van der Waals surface area contributed by atoms with E-state index in [1.807, 2.05) is 46.9 Å². The first-order valence-corrected chi connectivity index (χ1v) is 21.7. The Kier molecular flexibility index (Phi) is 7.20. The van der Waals surface area contributed by atoms with Gasteiger partial charge in [0.15, 0.2) is 0 Å². The van der Waals surface area contributed by atoms with E-state index in [-0.39, 0.29) is 10.8 Å². The number of fused-ring (bicyclic) bond motifs is 12. The molecule has 2 nitrogen and oxygen atoms in total. The van der Waals surface area contributed by atoms with E-state index in [2.05, 4.69) is 48.6 Å². The van der Waals surface area contributed by atoms with Crippen molar-refractivity contribution in [2.45, 2.75) is 75.0 Å². The molecule has 11 rings (SSSR count). The maximum atomic E-state index is 5.96. The quantitative estimate of drug-likeness (QED) is 0.131. The Bertz CT molecular complexity index is 2310. The number of hydrogen-bond donors (Lipinski definition) is 0. The van der Waals surface area contributed by atoms with Crippen LogP contribution in [0.15, 0.2) is 71.8 Å². The van der Waals surface area contributed by atoms with Crippen molar-refractivity contribution in [1.82, 2.24) is 9.97 Å². The van der Waals surface area contributed by atoms with Gasteiger partial charge in [0.25, 0.3) is 0 Å².